The second-order valence-electron chi connectivity index (χ2n) is 6.06. The lowest BCUT2D eigenvalue weighted by atomic mass is 10.1. The van der Waals surface area contributed by atoms with E-state index in [0.717, 1.165) is 25.1 Å². The average Bonchev–Trinajstić information content (AvgIpc) is 3.13. The molecule has 1 heterocycles. The molecule has 124 valence electrons. The number of anilines is 1. The molecule has 1 aliphatic rings. The lowest BCUT2D eigenvalue weighted by molar-refractivity contribution is -0.683. The van der Waals surface area contributed by atoms with Crippen molar-refractivity contribution in [3.63, 3.8) is 0 Å². The molecular weight excluding hydrogens is 310 g/mol. The predicted molar refractivity (Wildman–Crippen MR) is 86.6 cm³/mol. The number of carbonyl (C=O) groups is 1. The van der Waals surface area contributed by atoms with Crippen molar-refractivity contribution in [1.29, 1.82) is 0 Å². The zero-order valence-corrected chi connectivity index (χ0v) is 14.4. The largest absolute Gasteiger partial charge is 1.00 e. The van der Waals surface area contributed by atoms with Crippen LogP contribution in [0, 0.1) is 0 Å². The molecule has 0 aliphatic heterocycles. The van der Waals surface area contributed by atoms with Crippen molar-refractivity contribution in [3.8, 4) is 0 Å². The Morgan fingerprint density at radius 1 is 1.30 bits per heavy atom. The fourth-order valence-electron chi connectivity index (χ4n) is 3.02. The van der Waals surface area contributed by atoms with Crippen molar-refractivity contribution >= 4 is 11.6 Å². The van der Waals surface area contributed by atoms with Crippen molar-refractivity contribution < 1.29 is 21.8 Å². The Balaban J connectivity index is 0.00000192. The van der Waals surface area contributed by atoms with E-state index < -0.39 is 0 Å². The number of amides is 1. The van der Waals surface area contributed by atoms with Crippen LogP contribution in [0.25, 0.3) is 0 Å². The van der Waals surface area contributed by atoms with E-state index in [2.05, 4.69) is 28.9 Å². The van der Waals surface area contributed by atoms with Crippen LogP contribution in [0.2, 0.25) is 0 Å². The highest BCUT2D eigenvalue weighted by atomic mass is 35.5. The van der Waals surface area contributed by atoms with Gasteiger partial charge in [-0.15, -0.1) is 0 Å². The summed E-state index contributed by atoms with van der Waals surface area (Å²) in [5.74, 6) is 0.0242. The smallest absolute Gasteiger partial charge is 0.266 e. The number of nitrogens with zero attached hydrogens (tertiary/aromatic N) is 2. The average molecular weight is 334 g/mol. The van der Waals surface area contributed by atoms with Gasteiger partial charge in [0, 0.05) is 5.69 Å². The van der Waals surface area contributed by atoms with E-state index in [-0.39, 0.29) is 18.3 Å². The molecule has 1 aromatic carbocycles. The first-order chi connectivity index (χ1) is 10.7. The summed E-state index contributed by atoms with van der Waals surface area (Å²) in [5.41, 5.74) is 3.73. The number of nitrogens with one attached hydrogen (secondary N) is 1. The van der Waals surface area contributed by atoms with Crippen LogP contribution in [0.15, 0.2) is 36.9 Å². The third-order valence-electron chi connectivity index (χ3n) is 4.22. The summed E-state index contributed by atoms with van der Waals surface area (Å²) < 4.78 is 4.06. The van der Waals surface area contributed by atoms with Gasteiger partial charge in [0.25, 0.3) is 5.91 Å². The first kappa shape index (κ1) is 17.5. The zero-order valence-electron chi connectivity index (χ0n) is 13.6. The normalized spacial score (nSPS) is 12.6. The molecular formula is C18H24ClN3O. The number of aryl methyl sites for hydroxylation is 3. The molecule has 0 bridgehead atoms. The van der Waals surface area contributed by atoms with Crippen LogP contribution < -0.4 is 22.3 Å². The van der Waals surface area contributed by atoms with Crippen molar-refractivity contribution in [3.05, 3.63) is 48.0 Å². The summed E-state index contributed by atoms with van der Waals surface area (Å²) in [6.45, 7) is 3.55. The Kier molecular flexibility index (Phi) is 6.22. The highest BCUT2D eigenvalue weighted by Gasteiger charge is 2.13. The molecule has 2 aromatic rings. The van der Waals surface area contributed by atoms with Crippen LogP contribution in [0.1, 0.15) is 37.3 Å². The Bertz CT molecular complexity index is 666. The standard InChI is InChI=1S/C18H23N3O.ClH/c1-2-3-9-20-10-11-21(14-20)13-18(22)19-17-8-7-15-5-4-6-16(15)12-17;/h7-8,10-12,14H,2-6,9,13H2,1H3;1H. The minimum Gasteiger partial charge on any atom is -1.00 e. The molecule has 0 fully saturated rings. The number of aromatic nitrogens is 2. The minimum absolute atomic E-state index is 0. The summed E-state index contributed by atoms with van der Waals surface area (Å²) in [7, 11) is 0. The molecule has 3 rings (SSSR count). The van der Waals surface area contributed by atoms with E-state index in [1.54, 1.807) is 0 Å². The molecule has 0 saturated heterocycles. The van der Waals surface area contributed by atoms with Crippen LogP contribution >= 0.6 is 0 Å². The van der Waals surface area contributed by atoms with E-state index in [0.29, 0.717) is 6.54 Å². The molecule has 0 unspecified atom stereocenters. The summed E-state index contributed by atoms with van der Waals surface area (Å²) in [4.78, 5) is 12.2. The Hall–Kier alpha value is -1.81. The van der Waals surface area contributed by atoms with Gasteiger partial charge in [0.1, 0.15) is 12.4 Å². The van der Waals surface area contributed by atoms with Crippen LogP contribution in [0.4, 0.5) is 5.69 Å². The van der Waals surface area contributed by atoms with E-state index in [1.807, 2.05) is 29.4 Å². The van der Waals surface area contributed by atoms with E-state index >= 15 is 0 Å². The van der Waals surface area contributed by atoms with Gasteiger partial charge in [-0.2, -0.15) is 0 Å². The number of carbonyl (C=O) groups excluding carboxylic acids is 1. The molecule has 1 N–H and O–H groups in total. The number of imidazole rings is 1. The zero-order chi connectivity index (χ0) is 15.4. The number of rotatable bonds is 6. The fourth-order valence-corrected chi connectivity index (χ4v) is 3.02. The van der Waals surface area contributed by atoms with E-state index in [4.69, 9.17) is 0 Å². The minimum atomic E-state index is 0. The lowest BCUT2D eigenvalue weighted by Gasteiger charge is -2.06. The highest BCUT2D eigenvalue weighted by Crippen LogP contribution is 2.24. The van der Waals surface area contributed by atoms with Gasteiger partial charge < -0.3 is 17.7 Å². The van der Waals surface area contributed by atoms with Crippen molar-refractivity contribution in [2.75, 3.05) is 5.32 Å². The molecule has 4 nitrogen and oxygen atoms in total. The molecule has 0 spiro atoms. The Morgan fingerprint density at radius 3 is 2.96 bits per heavy atom. The maximum atomic E-state index is 12.2. The summed E-state index contributed by atoms with van der Waals surface area (Å²) in [5, 5.41) is 3.00. The number of hydrogen-bond donors (Lipinski definition) is 1. The van der Waals surface area contributed by atoms with E-state index in [1.165, 1.54) is 30.4 Å². The van der Waals surface area contributed by atoms with Gasteiger partial charge in [0.2, 0.25) is 6.33 Å². The second kappa shape index (κ2) is 8.16. The van der Waals surface area contributed by atoms with Crippen LogP contribution in [0.3, 0.4) is 0 Å². The maximum absolute atomic E-state index is 12.2. The number of unbranched alkanes of at least 4 members (excludes halogenated alkanes) is 1. The summed E-state index contributed by atoms with van der Waals surface area (Å²) >= 11 is 0. The molecule has 23 heavy (non-hydrogen) atoms. The SMILES string of the molecule is CCCCn1cc[n+](CC(=O)Nc2ccc3c(c2)CCC3)c1.[Cl-]. The lowest BCUT2D eigenvalue weighted by Crippen LogP contribution is -3.00. The van der Waals surface area contributed by atoms with Crippen LogP contribution in [0.5, 0.6) is 0 Å². The fraction of sp³-hybridized carbons (Fsp3) is 0.444. The molecule has 0 radical (unpaired) electrons. The first-order valence-electron chi connectivity index (χ1n) is 8.21. The van der Waals surface area contributed by atoms with Gasteiger partial charge in [-0.25, -0.2) is 9.13 Å². The number of benzene rings is 1. The van der Waals surface area contributed by atoms with Gasteiger partial charge in [0.05, 0.1) is 6.54 Å². The second-order valence-corrected chi connectivity index (χ2v) is 6.06. The molecule has 1 aliphatic carbocycles. The van der Waals surface area contributed by atoms with Crippen molar-refractivity contribution in [2.45, 2.75) is 52.1 Å². The topological polar surface area (TPSA) is 37.9 Å². The van der Waals surface area contributed by atoms with Crippen molar-refractivity contribution in [2.24, 2.45) is 0 Å². The Morgan fingerprint density at radius 2 is 2.13 bits per heavy atom. The van der Waals surface area contributed by atoms with Gasteiger partial charge >= 0.3 is 0 Å². The van der Waals surface area contributed by atoms with Gasteiger partial charge in [0.15, 0.2) is 6.54 Å². The Labute approximate surface area is 143 Å². The number of fused-ring (bicyclic) bond motifs is 1. The monoisotopic (exact) mass is 333 g/mol. The maximum Gasteiger partial charge on any atom is 0.266 e. The molecule has 0 atom stereocenters. The van der Waals surface area contributed by atoms with E-state index in [9.17, 15) is 4.79 Å². The first-order valence-corrected chi connectivity index (χ1v) is 8.21. The summed E-state index contributed by atoms with van der Waals surface area (Å²) in [6.07, 6.45) is 11.9. The number of halogens is 1. The summed E-state index contributed by atoms with van der Waals surface area (Å²) in [6, 6.07) is 6.28. The molecule has 1 amide bonds. The third-order valence-corrected chi connectivity index (χ3v) is 4.22. The predicted octanol–water partition coefficient (Wildman–Crippen LogP) is -0.293. The number of hydrogen-bond acceptors (Lipinski definition) is 1. The van der Waals surface area contributed by atoms with Crippen LogP contribution in [-0.2, 0) is 30.7 Å². The van der Waals surface area contributed by atoms with Crippen LogP contribution in [-0.4, -0.2) is 10.5 Å². The quantitative estimate of drug-likeness (QED) is 0.725. The van der Waals surface area contributed by atoms with Gasteiger partial charge in [-0.05, 0) is 48.9 Å². The molecule has 1 aromatic heterocycles. The molecule has 0 saturated carbocycles. The van der Waals surface area contributed by atoms with Gasteiger partial charge in [-0.3, -0.25) is 4.79 Å². The highest BCUT2D eigenvalue weighted by molar-refractivity contribution is 5.89. The van der Waals surface area contributed by atoms with Crippen molar-refractivity contribution in [1.82, 2.24) is 4.57 Å². The van der Waals surface area contributed by atoms with Gasteiger partial charge in [-0.1, -0.05) is 19.4 Å². The molecule has 5 heteroatoms. The third kappa shape index (κ3) is 4.58.